The third-order valence-corrected chi connectivity index (χ3v) is 6.19. The largest absolute Gasteiger partial charge is 0.494 e. The number of rotatable bonds is 6. The molecule has 152 valence electrons. The first-order valence-corrected chi connectivity index (χ1v) is 10.7. The molecule has 4 rings (SSSR count). The maximum absolute atomic E-state index is 13.0. The van der Waals surface area contributed by atoms with Crippen molar-refractivity contribution in [2.24, 2.45) is 5.92 Å². The molecule has 2 aromatic rings. The van der Waals surface area contributed by atoms with Gasteiger partial charge in [-0.1, -0.05) is 49.4 Å². The second-order valence-corrected chi connectivity index (χ2v) is 8.00. The number of hydrogen-bond acceptors (Lipinski definition) is 3. The van der Waals surface area contributed by atoms with Crippen LogP contribution in [0.5, 0.6) is 5.75 Å². The zero-order valence-corrected chi connectivity index (χ0v) is 17.4. The van der Waals surface area contributed by atoms with E-state index in [4.69, 9.17) is 4.74 Å². The SMILES string of the molecule is CCOc1ccccc1C1Nc2c(C(=O)NC(C)CC)cccc2C2C=CCC21. The molecule has 1 heterocycles. The van der Waals surface area contributed by atoms with E-state index in [9.17, 15) is 4.79 Å². The van der Waals surface area contributed by atoms with Gasteiger partial charge < -0.3 is 15.4 Å². The van der Waals surface area contributed by atoms with Crippen LogP contribution in [-0.2, 0) is 0 Å². The summed E-state index contributed by atoms with van der Waals surface area (Å²) in [5.74, 6) is 1.63. The topological polar surface area (TPSA) is 50.4 Å². The van der Waals surface area contributed by atoms with Crippen molar-refractivity contribution in [1.82, 2.24) is 5.32 Å². The van der Waals surface area contributed by atoms with E-state index in [0.717, 1.165) is 35.4 Å². The Bertz CT molecular complexity index is 921. The molecule has 4 heteroatoms. The smallest absolute Gasteiger partial charge is 0.253 e. The van der Waals surface area contributed by atoms with E-state index in [-0.39, 0.29) is 18.0 Å². The highest BCUT2D eigenvalue weighted by Gasteiger charge is 2.40. The molecule has 4 atom stereocenters. The van der Waals surface area contributed by atoms with Crippen LogP contribution in [-0.4, -0.2) is 18.6 Å². The molecule has 2 N–H and O–H groups in total. The Kier molecular flexibility index (Phi) is 5.61. The van der Waals surface area contributed by atoms with E-state index >= 15 is 0 Å². The number of carbonyl (C=O) groups excluding carboxylic acids is 1. The predicted molar refractivity (Wildman–Crippen MR) is 118 cm³/mol. The highest BCUT2D eigenvalue weighted by Crippen LogP contribution is 2.51. The standard InChI is InChI=1S/C25H30N2O2/c1-4-16(3)26-25(28)21-14-9-13-19-17-11-8-12-18(17)23(27-24(19)21)20-10-6-7-15-22(20)29-5-2/h6-11,13-18,23,27H,4-5,12H2,1-3H3,(H,26,28). The van der Waals surface area contributed by atoms with Crippen LogP contribution in [0.4, 0.5) is 5.69 Å². The van der Waals surface area contributed by atoms with Crippen LogP contribution >= 0.6 is 0 Å². The number of amides is 1. The highest BCUT2D eigenvalue weighted by atomic mass is 16.5. The van der Waals surface area contributed by atoms with Gasteiger partial charge in [0.25, 0.3) is 5.91 Å². The van der Waals surface area contributed by atoms with Gasteiger partial charge in [0.05, 0.1) is 23.9 Å². The molecule has 0 spiro atoms. The summed E-state index contributed by atoms with van der Waals surface area (Å²) in [6, 6.07) is 14.6. The van der Waals surface area contributed by atoms with Crippen molar-refractivity contribution < 1.29 is 9.53 Å². The second kappa shape index (κ2) is 8.32. The summed E-state index contributed by atoms with van der Waals surface area (Å²) in [5.41, 5.74) is 4.05. The maximum atomic E-state index is 13.0. The molecule has 1 amide bonds. The van der Waals surface area contributed by atoms with Gasteiger partial charge in [0.1, 0.15) is 5.75 Å². The number of para-hydroxylation sites is 2. The minimum Gasteiger partial charge on any atom is -0.494 e. The summed E-state index contributed by atoms with van der Waals surface area (Å²) in [4.78, 5) is 13.0. The highest BCUT2D eigenvalue weighted by molar-refractivity contribution is 6.01. The van der Waals surface area contributed by atoms with Crippen molar-refractivity contribution in [1.29, 1.82) is 0 Å². The Morgan fingerprint density at radius 3 is 2.76 bits per heavy atom. The summed E-state index contributed by atoms with van der Waals surface area (Å²) in [6.45, 7) is 6.77. The molecule has 29 heavy (non-hydrogen) atoms. The third-order valence-electron chi connectivity index (χ3n) is 6.19. The number of benzene rings is 2. The molecular formula is C25H30N2O2. The molecule has 4 nitrogen and oxygen atoms in total. The van der Waals surface area contributed by atoms with Gasteiger partial charge in [0.15, 0.2) is 0 Å². The number of anilines is 1. The minimum absolute atomic E-state index is 0.0130. The summed E-state index contributed by atoms with van der Waals surface area (Å²) in [7, 11) is 0. The zero-order chi connectivity index (χ0) is 20.4. The number of carbonyl (C=O) groups is 1. The number of fused-ring (bicyclic) bond motifs is 3. The molecule has 0 bridgehead atoms. The van der Waals surface area contributed by atoms with Crippen LogP contribution in [0.2, 0.25) is 0 Å². The fraction of sp³-hybridized carbons (Fsp3) is 0.400. The first kappa shape index (κ1) is 19.6. The lowest BCUT2D eigenvalue weighted by Crippen LogP contribution is -2.35. The van der Waals surface area contributed by atoms with E-state index in [2.05, 4.69) is 47.9 Å². The summed E-state index contributed by atoms with van der Waals surface area (Å²) < 4.78 is 5.93. The normalized spacial score (nSPS) is 22.9. The van der Waals surface area contributed by atoms with E-state index in [0.29, 0.717) is 18.4 Å². The van der Waals surface area contributed by atoms with Crippen molar-refractivity contribution >= 4 is 11.6 Å². The van der Waals surface area contributed by atoms with Gasteiger partial charge in [-0.3, -0.25) is 4.79 Å². The quantitative estimate of drug-likeness (QED) is 0.646. The van der Waals surface area contributed by atoms with E-state index in [1.807, 2.05) is 38.1 Å². The minimum atomic E-state index is -0.0130. The van der Waals surface area contributed by atoms with Gasteiger partial charge in [-0.05, 0) is 50.3 Å². The average molecular weight is 391 g/mol. The molecule has 4 unspecified atom stereocenters. The van der Waals surface area contributed by atoms with Crippen molar-refractivity contribution in [2.75, 3.05) is 11.9 Å². The second-order valence-electron chi connectivity index (χ2n) is 8.00. The van der Waals surface area contributed by atoms with E-state index in [1.165, 1.54) is 5.56 Å². The molecule has 2 aliphatic rings. The molecule has 0 fully saturated rings. The molecule has 1 aliphatic carbocycles. The fourth-order valence-electron chi connectivity index (χ4n) is 4.55. The number of ether oxygens (including phenoxy) is 1. The van der Waals surface area contributed by atoms with E-state index in [1.54, 1.807) is 0 Å². The van der Waals surface area contributed by atoms with Crippen LogP contribution in [0, 0.1) is 5.92 Å². The van der Waals surface area contributed by atoms with Gasteiger partial charge >= 0.3 is 0 Å². The number of allylic oxidation sites excluding steroid dienone is 2. The Balaban J connectivity index is 1.76. The molecule has 0 aromatic heterocycles. The number of hydrogen-bond donors (Lipinski definition) is 2. The van der Waals surface area contributed by atoms with Gasteiger partial charge in [0.2, 0.25) is 0 Å². The van der Waals surface area contributed by atoms with Gasteiger partial charge in [-0.15, -0.1) is 0 Å². The Hall–Kier alpha value is -2.75. The first-order valence-electron chi connectivity index (χ1n) is 10.7. The van der Waals surface area contributed by atoms with Gasteiger partial charge in [-0.2, -0.15) is 0 Å². The van der Waals surface area contributed by atoms with Crippen LogP contribution in [0.1, 0.15) is 67.1 Å². The number of nitrogens with one attached hydrogen (secondary N) is 2. The van der Waals surface area contributed by atoms with Crippen LogP contribution in [0.3, 0.4) is 0 Å². The lowest BCUT2D eigenvalue weighted by molar-refractivity contribution is 0.0939. The fourth-order valence-corrected chi connectivity index (χ4v) is 4.55. The third kappa shape index (κ3) is 3.64. The van der Waals surface area contributed by atoms with Gasteiger partial charge in [0, 0.05) is 17.5 Å². The molecule has 1 aliphatic heterocycles. The van der Waals surface area contributed by atoms with Crippen molar-refractivity contribution in [3.63, 3.8) is 0 Å². The Morgan fingerprint density at radius 2 is 1.97 bits per heavy atom. The van der Waals surface area contributed by atoms with Crippen LogP contribution < -0.4 is 15.4 Å². The van der Waals surface area contributed by atoms with Crippen molar-refractivity contribution in [3.05, 3.63) is 71.3 Å². The zero-order valence-electron chi connectivity index (χ0n) is 17.4. The monoisotopic (exact) mass is 390 g/mol. The Labute approximate surface area is 173 Å². The maximum Gasteiger partial charge on any atom is 0.253 e. The summed E-state index contributed by atoms with van der Waals surface area (Å²) in [6.07, 6.45) is 6.50. The Morgan fingerprint density at radius 1 is 1.17 bits per heavy atom. The lowest BCUT2D eigenvalue weighted by atomic mass is 9.76. The average Bonchev–Trinajstić information content (AvgIpc) is 3.23. The van der Waals surface area contributed by atoms with Gasteiger partial charge in [-0.25, -0.2) is 0 Å². The van der Waals surface area contributed by atoms with Crippen molar-refractivity contribution in [2.45, 2.75) is 51.6 Å². The first-order chi connectivity index (χ1) is 14.1. The predicted octanol–water partition coefficient (Wildman–Crippen LogP) is 5.44. The summed E-state index contributed by atoms with van der Waals surface area (Å²) in [5, 5.41) is 6.86. The van der Waals surface area contributed by atoms with Crippen LogP contribution in [0.15, 0.2) is 54.6 Å². The lowest BCUT2D eigenvalue weighted by Gasteiger charge is -2.39. The molecule has 0 saturated carbocycles. The molecule has 2 aromatic carbocycles. The van der Waals surface area contributed by atoms with Crippen molar-refractivity contribution in [3.8, 4) is 5.75 Å². The van der Waals surface area contributed by atoms with E-state index < -0.39 is 0 Å². The van der Waals surface area contributed by atoms with Crippen LogP contribution in [0.25, 0.3) is 0 Å². The molecule has 0 radical (unpaired) electrons. The summed E-state index contributed by atoms with van der Waals surface area (Å²) >= 11 is 0. The molecular weight excluding hydrogens is 360 g/mol. The molecule has 0 saturated heterocycles.